The summed E-state index contributed by atoms with van der Waals surface area (Å²) in [6, 6.07) is 0.677. The number of halogens is 2. The molecule has 1 saturated carbocycles. The van der Waals surface area contributed by atoms with Crippen molar-refractivity contribution in [2.24, 2.45) is 11.7 Å². The van der Waals surface area contributed by atoms with Crippen molar-refractivity contribution in [1.82, 2.24) is 9.71 Å². The van der Waals surface area contributed by atoms with Gasteiger partial charge in [0.15, 0.2) is 0 Å². The SMILES string of the molecule is N[C@H](C(=O)Nc1cc(N2CC[C@@H](O)C2)c(S(=O)(=O)NCC(F)F)cn1)C1CCCCC1. The Kier molecular flexibility index (Phi) is 7.78. The van der Waals surface area contributed by atoms with E-state index in [1.807, 2.05) is 4.72 Å². The molecule has 0 spiro atoms. The Morgan fingerprint density at radius 3 is 2.61 bits per heavy atom. The van der Waals surface area contributed by atoms with Crippen LogP contribution >= 0.6 is 0 Å². The molecule has 0 radical (unpaired) electrons. The molecule has 1 aromatic rings. The van der Waals surface area contributed by atoms with Gasteiger partial charge in [-0.25, -0.2) is 26.9 Å². The van der Waals surface area contributed by atoms with Gasteiger partial charge in [0.1, 0.15) is 10.7 Å². The van der Waals surface area contributed by atoms with E-state index in [9.17, 15) is 27.1 Å². The number of carbonyl (C=O) groups is 1. The molecular formula is C19H29F2N5O4S. The second-order valence-electron chi connectivity index (χ2n) is 8.08. The summed E-state index contributed by atoms with van der Waals surface area (Å²) in [5.74, 6) is -0.209. The number of anilines is 2. The van der Waals surface area contributed by atoms with Crippen LogP contribution in [0.1, 0.15) is 38.5 Å². The van der Waals surface area contributed by atoms with Gasteiger partial charge in [0, 0.05) is 19.2 Å². The number of carbonyl (C=O) groups excluding carboxylic acids is 1. The molecular weight excluding hydrogens is 432 g/mol. The van der Waals surface area contributed by atoms with Gasteiger partial charge in [-0.3, -0.25) is 4.79 Å². The van der Waals surface area contributed by atoms with Crippen LogP contribution in [-0.2, 0) is 14.8 Å². The van der Waals surface area contributed by atoms with Crippen molar-refractivity contribution >= 4 is 27.4 Å². The number of nitrogens with two attached hydrogens (primary N) is 1. The van der Waals surface area contributed by atoms with Crippen molar-refractivity contribution in [2.75, 3.05) is 29.9 Å². The van der Waals surface area contributed by atoms with Gasteiger partial charge in [-0.15, -0.1) is 0 Å². The quantitative estimate of drug-likeness (QED) is 0.454. The van der Waals surface area contributed by atoms with Gasteiger partial charge in [0.05, 0.1) is 30.6 Å². The molecule has 1 aliphatic heterocycles. The highest BCUT2D eigenvalue weighted by molar-refractivity contribution is 7.89. The molecule has 2 aliphatic rings. The lowest BCUT2D eigenvalue weighted by atomic mass is 9.84. The summed E-state index contributed by atoms with van der Waals surface area (Å²) in [6.07, 6.45) is 2.92. The Bertz CT molecular complexity index is 880. The maximum Gasteiger partial charge on any atom is 0.251 e. The third-order valence-electron chi connectivity index (χ3n) is 5.78. The number of alkyl halides is 2. The number of hydrogen-bond acceptors (Lipinski definition) is 7. The molecule has 174 valence electrons. The maximum absolute atomic E-state index is 12.6. The molecule has 2 heterocycles. The molecule has 31 heavy (non-hydrogen) atoms. The van der Waals surface area contributed by atoms with Crippen molar-refractivity contribution in [3.63, 3.8) is 0 Å². The van der Waals surface area contributed by atoms with Gasteiger partial charge in [-0.05, 0) is 25.2 Å². The summed E-state index contributed by atoms with van der Waals surface area (Å²) >= 11 is 0. The van der Waals surface area contributed by atoms with E-state index >= 15 is 0 Å². The van der Waals surface area contributed by atoms with Gasteiger partial charge in [-0.1, -0.05) is 19.3 Å². The minimum absolute atomic E-state index is 0.0835. The number of hydrogen-bond donors (Lipinski definition) is 4. The largest absolute Gasteiger partial charge is 0.391 e. The van der Waals surface area contributed by atoms with Crippen molar-refractivity contribution < 1.29 is 27.1 Å². The minimum Gasteiger partial charge on any atom is -0.391 e. The van der Waals surface area contributed by atoms with E-state index in [1.165, 1.54) is 6.07 Å². The molecule has 0 aromatic carbocycles. The van der Waals surface area contributed by atoms with Gasteiger partial charge in [0.25, 0.3) is 6.43 Å². The predicted octanol–water partition coefficient (Wildman–Crippen LogP) is 1.04. The first-order chi connectivity index (χ1) is 14.7. The number of aliphatic hydroxyl groups excluding tert-OH is 1. The molecule has 12 heteroatoms. The van der Waals surface area contributed by atoms with E-state index in [2.05, 4.69) is 10.3 Å². The number of aromatic nitrogens is 1. The third kappa shape index (κ3) is 6.09. The lowest BCUT2D eigenvalue weighted by Crippen LogP contribution is -2.42. The Balaban J connectivity index is 1.83. The highest BCUT2D eigenvalue weighted by atomic mass is 32.2. The summed E-state index contributed by atoms with van der Waals surface area (Å²) in [5, 5.41) is 12.5. The number of sulfonamides is 1. The summed E-state index contributed by atoms with van der Waals surface area (Å²) in [5.41, 5.74) is 6.30. The Labute approximate surface area is 180 Å². The number of rotatable bonds is 8. The lowest BCUT2D eigenvalue weighted by Gasteiger charge is -2.27. The van der Waals surface area contributed by atoms with Crippen LogP contribution in [0.15, 0.2) is 17.2 Å². The van der Waals surface area contributed by atoms with Gasteiger partial charge < -0.3 is 21.1 Å². The van der Waals surface area contributed by atoms with E-state index in [1.54, 1.807) is 4.90 Å². The van der Waals surface area contributed by atoms with E-state index in [-0.39, 0.29) is 28.9 Å². The van der Waals surface area contributed by atoms with Crippen LogP contribution in [0.2, 0.25) is 0 Å². The molecule has 0 unspecified atom stereocenters. The fourth-order valence-electron chi connectivity index (χ4n) is 4.08. The minimum atomic E-state index is -4.27. The second-order valence-corrected chi connectivity index (χ2v) is 9.82. The van der Waals surface area contributed by atoms with Crippen LogP contribution in [0.5, 0.6) is 0 Å². The first kappa shape index (κ1) is 23.8. The average Bonchev–Trinajstić information content (AvgIpc) is 3.18. The summed E-state index contributed by atoms with van der Waals surface area (Å²) in [7, 11) is -4.27. The van der Waals surface area contributed by atoms with Crippen LogP contribution in [0.4, 0.5) is 20.3 Å². The van der Waals surface area contributed by atoms with Crippen LogP contribution in [0, 0.1) is 5.92 Å². The Morgan fingerprint density at radius 1 is 1.29 bits per heavy atom. The van der Waals surface area contributed by atoms with Gasteiger partial charge in [-0.2, -0.15) is 0 Å². The molecule has 1 aromatic heterocycles. The van der Waals surface area contributed by atoms with Crippen molar-refractivity contribution in [2.45, 2.75) is 62.0 Å². The topological polar surface area (TPSA) is 138 Å². The lowest BCUT2D eigenvalue weighted by molar-refractivity contribution is -0.118. The molecule has 1 saturated heterocycles. The average molecular weight is 462 g/mol. The number of pyridine rings is 1. The van der Waals surface area contributed by atoms with Crippen molar-refractivity contribution in [1.29, 1.82) is 0 Å². The first-order valence-electron chi connectivity index (χ1n) is 10.4. The van der Waals surface area contributed by atoms with E-state index < -0.39 is 41.0 Å². The maximum atomic E-state index is 12.6. The highest BCUT2D eigenvalue weighted by Crippen LogP contribution is 2.31. The van der Waals surface area contributed by atoms with Crippen molar-refractivity contribution in [3.05, 3.63) is 12.3 Å². The summed E-state index contributed by atoms with van der Waals surface area (Å²) in [6.45, 7) is -0.479. The fourth-order valence-corrected chi connectivity index (χ4v) is 5.24. The van der Waals surface area contributed by atoms with E-state index in [4.69, 9.17) is 5.73 Å². The molecule has 9 nitrogen and oxygen atoms in total. The zero-order valence-electron chi connectivity index (χ0n) is 17.1. The van der Waals surface area contributed by atoms with Crippen LogP contribution in [-0.4, -0.2) is 62.6 Å². The number of aliphatic hydroxyl groups is 1. The molecule has 3 rings (SSSR count). The molecule has 1 aliphatic carbocycles. The summed E-state index contributed by atoms with van der Waals surface area (Å²) in [4.78, 5) is 17.9. The van der Waals surface area contributed by atoms with Gasteiger partial charge in [0.2, 0.25) is 15.9 Å². The molecule has 5 N–H and O–H groups in total. The Morgan fingerprint density at radius 2 is 2.00 bits per heavy atom. The zero-order chi connectivity index (χ0) is 22.6. The van der Waals surface area contributed by atoms with Crippen LogP contribution in [0.25, 0.3) is 0 Å². The Hall–Kier alpha value is -1.89. The van der Waals surface area contributed by atoms with Crippen LogP contribution < -0.4 is 20.7 Å². The second kappa shape index (κ2) is 10.2. The highest BCUT2D eigenvalue weighted by Gasteiger charge is 2.30. The van der Waals surface area contributed by atoms with E-state index in [0.29, 0.717) is 13.0 Å². The monoisotopic (exact) mass is 461 g/mol. The smallest absolute Gasteiger partial charge is 0.251 e. The summed E-state index contributed by atoms with van der Waals surface area (Å²) < 4.78 is 52.0. The van der Waals surface area contributed by atoms with Crippen molar-refractivity contribution in [3.8, 4) is 0 Å². The normalized spacial score (nSPS) is 21.5. The van der Waals surface area contributed by atoms with Crippen LogP contribution in [0.3, 0.4) is 0 Å². The third-order valence-corrected chi connectivity index (χ3v) is 7.22. The number of amides is 1. The first-order valence-corrected chi connectivity index (χ1v) is 11.9. The number of β-amino-alcohol motifs (C(OH)–C–C–N with tert-alkyl or cyclic N) is 1. The molecule has 2 atom stereocenters. The molecule has 2 fully saturated rings. The fraction of sp³-hybridized carbons (Fsp3) is 0.684. The standard InChI is InChI=1S/C19H29F2N5O4S/c20-16(21)10-24-31(29,30)15-9-23-17(8-14(15)26-7-6-13(27)11-26)25-19(28)18(22)12-4-2-1-3-5-12/h8-9,12-13,16,18,24,27H,1-7,10-11,22H2,(H,23,25,28)/t13-,18+/m1/s1. The predicted molar refractivity (Wildman–Crippen MR) is 111 cm³/mol. The van der Waals surface area contributed by atoms with Gasteiger partial charge >= 0.3 is 0 Å². The molecule has 1 amide bonds. The zero-order valence-corrected chi connectivity index (χ0v) is 18.0. The van der Waals surface area contributed by atoms with E-state index in [0.717, 1.165) is 38.3 Å². The number of nitrogens with zero attached hydrogens (tertiary/aromatic N) is 2. The molecule has 0 bridgehead atoms. The number of nitrogens with one attached hydrogen (secondary N) is 2.